The van der Waals surface area contributed by atoms with Crippen LogP contribution in [-0.2, 0) is 4.74 Å². The van der Waals surface area contributed by atoms with Gasteiger partial charge in [0.25, 0.3) is 0 Å². The normalized spacial score (nSPS) is 20.7. The third-order valence-electron chi connectivity index (χ3n) is 4.82. The number of rotatable bonds is 4. The Balaban J connectivity index is 1.39. The monoisotopic (exact) mass is 318 g/mol. The van der Waals surface area contributed by atoms with E-state index in [1.54, 1.807) is 0 Å². The Morgan fingerprint density at radius 2 is 1.96 bits per heavy atom. The van der Waals surface area contributed by atoms with Gasteiger partial charge < -0.3 is 19.7 Å². The number of aryl methyl sites for hydroxylation is 1. The second kappa shape index (κ2) is 6.79. The average Bonchev–Trinajstić information content (AvgIpc) is 2.53. The van der Waals surface area contributed by atoms with Crippen LogP contribution in [0, 0.1) is 6.92 Å². The summed E-state index contributed by atoms with van der Waals surface area (Å²) in [6.07, 6.45) is 3.05. The molecule has 5 nitrogen and oxygen atoms in total. The molecule has 126 valence electrons. The molecule has 0 bridgehead atoms. The van der Waals surface area contributed by atoms with Gasteiger partial charge >= 0.3 is 6.03 Å². The molecule has 0 radical (unpaired) electrons. The Hall–Kier alpha value is -1.75. The van der Waals surface area contributed by atoms with Gasteiger partial charge in [0.15, 0.2) is 0 Å². The van der Waals surface area contributed by atoms with Crippen LogP contribution in [0.5, 0.6) is 5.75 Å². The molecule has 0 aliphatic carbocycles. The topological polar surface area (TPSA) is 50.8 Å². The predicted molar refractivity (Wildman–Crippen MR) is 88.8 cm³/mol. The van der Waals surface area contributed by atoms with Gasteiger partial charge in [0.1, 0.15) is 12.4 Å². The number of urea groups is 1. The highest BCUT2D eigenvalue weighted by molar-refractivity contribution is 5.74. The minimum atomic E-state index is -0.0281. The van der Waals surface area contributed by atoms with Crippen LogP contribution in [0.1, 0.15) is 31.7 Å². The van der Waals surface area contributed by atoms with Crippen molar-refractivity contribution in [3.05, 3.63) is 29.8 Å². The van der Waals surface area contributed by atoms with Crippen LogP contribution in [0.25, 0.3) is 0 Å². The zero-order valence-electron chi connectivity index (χ0n) is 14.0. The number of benzene rings is 1. The van der Waals surface area contributed by atoms with Crippen LogP contribution in [0.4, 0.5) is 4.79 Å². The molecule has 1 aromatic rings. The second-order valence-corrected chi connectivity index (χ2v) is 6.74. The number of carbonyl (C=O) groups excluding carboxylic acids is 1. The highest BCUT2D eigenvalue weighted by atomic mass is 16.5. The molecule has 0 saturated carbocycles. The maximum Gasteiger partial charge on any atom is 0.317 e. The number of likely N-dealkylation sites (tertiary alicyclic amines) is 1. The van der Waals surface area contributed by atoms with Gasteiger partial charge in [-0.15, -0.1) is 0 Å². The molecule has 2 saturated heterocycles. The van der Waals surface area contributed by atoms with Crippen LogP contribution < -0.4 is 10.1 Å². The van der Waals surface area contributed by atoms with Crippen molar-refractivity contribution in [2.75, 3.05) is 26.3 Å². The van der Waals surface area contributed by atoms with Gasteiger partial charge in [0.05, 0.1) is 18.2 Å². The molecule has 0 unspecified atom stereocenters. The third-order valence-corrected chi connectivity index (χ3v) is 4.82. The lowest BCUT2D eigenvalue weighted by molar-refractivity contribution is -0.169. The number of nitrogens with zero attached hydrogens (tertiary/aromatic N) is 1. The van der Waals surface area contributed by atoms with E-state index in [0.717, 1.165) is 44.7 Å². The van der Waals surface area contributed by atoms with Gasteiger partial charge in [-0.25, -0.2) is 4.79 Å². The van der Waals surface area contributed by atoms with Crippen LogP contribution in [0.3, 0.4) is 0 Å². The highest BCUT2D eigenvalue weighted by Crippen LogP contribution is 2.36. The molecule has 2 amide bonds. The van der Waals surface area contributed by atoms with Gasteiger partial charge in [0, 0.05) is 13.1 Å². The molecule has 1 N–H and O–H groups in total. The van der Waals surface area contributed by atoms with E-state index in [1.165, 1.54) is 5.56 Å². The summed E-state index contributed by atoms with van der Waals surface area (Å²) in [5, 5.41) is 3.02. The lowest BCUT2D eigenvalue weighted by Gasteiger charge is -2.47. The lowest BCUT2D eigenvalue weighted by atomic mass is 9.84. The number of hydrogen-bond donors (Lipinski definition) is 1. The van der Waals surface area contributed by atoms with Crippen molar-refractivity contribution >= 4 is 6.03 Å². The van der Waals surface area contributed by atoms with Crippen molar-refractivity contribution in [2.45, 2.75) is 44.8 Å². The molecular weight excluding hydrogens is 292 g/mol. The molecule has 2 aliphatic heterocycles. The molecule has 23 heavy (non-hydrogen) atoms. The Bertz CT molecular complexity index is 530. The van der Waals surface area contributed by atoms with E-state index in [-0.39, 0.29) is 17.7 Å². The van der Waals surface area contributed by atoms with Crippen molar-refractivity contribution < 1.29 is 14.3 Å². The summed E-state index contributed by atoms with van der Waals surface area (Å²) < 4.78 is 11.4. The summed E-state index contributed by atoms with van der Waals surface area (Å²) in [6.45, 7) is 6.90. The average molecular weight is 318 g/mol. The van der Waals surface area contributed by atoms with Crippen molar-refractivity contribution in [2.24, 2.45) is 0 Å². The zero-order valence-corrected chi connectivity index (χ0v) is 14.0. The van der Waals surface area contributed by atoms with E-state index in [1.807, 2.05) is 43.0 Å². The summed E-state index contributed by atoms with van der Waals surface area (Å²) >= 11 is 0. The summed E-state index contributed by atoms with van der Waals surface area (Å²) in [7, 11) is 0. The summed E-state index contributed by atoms with van der Waals surface area (Å²) in [6, 6.07) is 7.91. The van der Waals surface area contributed by atoms with Gasteiger partial charge in [-0.3, -0.25) is 0 Å². The van der Waals surface area contributed by atoms with Crippen molar-refractivity contribution in [3.63, 3.8) is 0 Å². The van der Waals surface area contributed by atoms with Gasteiger partial charge in [-0.2, -0.15) is 0 Å². The molecule has 2 aliphatic rings. The summed E-state index contributed by atoms with van der Waals surface area (Å²) in [5.74, 6) is 0.832. The Kier molecular flexibility index (Phi) is 4.76. The van der Waals surface area contributed by atoms with Crippen LogP contribution >= 0.6 is 0 Å². The van der Waals surface area contributed by atoms with Crippen LogP contribution in [-0.4, -0.2) is 48.9 Å². The van der Waals surface area contributed by atoms with E-state index in [0.29, 0.717) is 6.61 Å². The van der Waals surface area contributed by atoms with E-state index < -0.39 is 0 Å². The quantitative estimate of drug-likeness (QED) is 0.928. The number of ether oxygens (including phenoxy) is 2. The first-order valence-electron chi connectivity index (χ1n) is 8.45. The molecule has 1 aromatic carbocycles. The molecule has 2 fully saturated rings. The van der Waals surface area contributed by atoms with Crippen molar-refractivity contribution in [1.82, 2.24) is 10.2 Å². The molecule has 0 aromatic heterocycles. The molecule has 1 atom stereocenters. The molecule has 1 spiro atoms. The first-order chi connectivity index (χ1) is 11.1. The molecule has 5 heteroatoms. The van der Waals surface area contributed by atoms with Crippen molar-refractivity contribution in [3.8, 4) is 5.75 Å². The standard InChI is InChI=1S/C18H26N2O3/c1-14-3-5-16(6-4-14)22-13-15(2)19-17(21)20-10-7-18(8-11-20)9-12-23-18/h3-6,15H,7-13H2,1-2H3,(H,19,21)/t15-/m0/s1. The summed E-state index contributed by atoms with van der Waals surface area (Å²) in [5.41, 5.74) is 1.29. The Morgan fingerprint density at radius 3 is 2.52 bits per heavy atom. The maximum atomic E-state index is 12.3. The Labute approximate surface area is 137 Å². The fourth-order valence-corrected chi connectivity index (χ4v) is 3.10. The fraction of sp³-hybridized carbons (Fsp3) is 0.611. The smallest absolute Gasteiger partial charge is 0.317 e. The number of carbonyl (C=O) groups is 1. The highest BCUT2D eigenvalue weighted by Gasteiger charge is 2.41. The van der Waals surface area contributed by atoms with E-state index in [4.69, 9.17) is 9.47 Å². The fourth-order valence-electron chi connectivity index (χ4n) is 3.10. The summed E-state index contributed by atoms with van der Waals surface area (Å²) in [4.78, 5) is 14.2. The van der Waals surface area contributed by atoms with E-state index >= 15 is 0 Å². The number of hydrogen-bond acceptors (Lipinski definition) is 3. The zero-order chi connectivity index (χ0) is 16.3. The molecular formula is C18H26N2O3. The van der Waals surface area contributed by atoms with Gasteiger partial charge in [-0.05, 0) is 45.2 Å². The van der Waals surface area contributed by atoms with Crippen LogP contribution in [0.15, 0.2) is 24.3 Å². The minimum absolute atomic E-state index is 0.000760. The Morgan fingerprint density at radius 1 is 1.30 bits per heavy atom. The second-order valence-electron chi connectivity index (χ2n) is 6.74. The molecule has 3 rings (SSSR count). The first-order valence-corrected chi connectivity index (χ1v) is 8.45. The SMILES string of the molecule is Cc1ccc(OC[C@H](C)NC(=O)N2CCC3(CCO3)CC2)cc1. The van der Waals surface area contributed by atoms with Gasteiger partial charge in [0.2, 0.25) is 0 Å². The number of amides is 2. The van der Waals surface area contributed by atoms with E-state index in [2.05, 4.69) is 5.32 Å². The minimum Gasteiger partial charge on any atom is -0.491 e. The molecule has 2 heterocycles. The number of nitrogens with one attached hydrogen (secondary N) is 1. The number of piperidine rings is 1. The van der Waals surface area contributed by atoms with Crippen LogP contribution in [0.2, 0.25) is 0 Å². The first kappa shape index (κ1) is 16.1. The van der Waals surface area contributed by atoms with E-state index in [9.17, 15) is 4.79 Å². The third kappa shape index (κ3) is 3.96. The van der Waals surface area contributed by atoms with Crippen molar-refractivity contribution in [1.29, 1.82) is 0 Å². The predicted octanol–water partition coefficient (Wildman–Crippen LogP) is 2.73. The maximum absolute atomic E-state index is 12.3. The lowest BCUT2D eigenvalue weighted by Crippen LogP contribution is -2.56. The largest absolute Gasteiger partial charge is 0.491 e. The van der Waals surface area contributed by atoms with Gasteiger partial charge in [-0.1, -0.05) is 17.7 Å².